The van der Waals surface area contributed by atoms with E-state index in [1.165, 1.54) is 10.5 Å². The van der Waals surface area contributed by atoms with E-state index < -0.39 is 23.6 Å². The van der Waals surface area contributed by atoms with Crippen LogP contribution in [0.5, 0.6) is 5.75 Å². The van der Waals surface area contributed by atoms with Crippen molar-refractivity contribution in [2.75, 3.05) is 54.8 Å². The van der Waals surface area contributed by atoms with Crippen molar-refractivity contribution in [2.24, 2.45) is 22.7 Å². The number of phenols is 1. The second kappa shape index (κ2) is 20.1. The van der Waals surface area contributed by atoms with Crippen LogP contribution in [0.4, 0.5) is 17.5 Å². The lowest BCUT2D eigenvalue weighted by Gasteiger charge is -2.58. The minimum atomic E-state index is -0.835. The molecule has 2 unspecified atom stereocenters. The maximum Gasteiger partial charge on any atom is 0.246 e. The molecular weight excluding hydrogens is 953 g/mol. The largest absolute Gasteiger partial charge is 0.507 e. The zero-order chi connectivity index (χ0) is 51.5. The number of piperazine rings is 1. The summed E-state index contributed by atoms with van der Waals surface area (Å²) in [5.41, 5.74) is 14.1. The highest BCUT2D eigenvalue weighted by Gasteiger charge is 2.56. The van der Waals surface area contributed by atoms with Gasteiger partial charge in [-0.3, -0.25) is 14.4 Å². The van der Waals surface area contributed by atoms with Crippen LogP contribution < -0.4 is 26.2 Å². The van der Waals surface area contributed by atoms with Gasteiger partial charge >= 0.3 is 0 Å². The second-order valence-corrected chi connectivity index (χ2v) is 24.2. The summed E-state index contributed by atoms with van der Waals surface area (Å²) in [6.45, 7) is 12.9. The highest BCUT2D eigenvalue weighted by Crippen LogP contribution is 2.61. The molecule has 3 aromatic heterocycles. The fraction of sp³-hybridized carbons (Fsp3) is 0.536. The number of β-amino-alcohol motifs (C(OH)–C–C–N with tert-alkyl or cyclic N) is 1. The first kappa shape index (κ1) is 49.9. The van der Waals surface area contributed by atoms with Crippen molar-refractivity contribution < 1.29 is 24.6 Å². The number of phenolic OH excluding ortho intramolecular Hbond substituents is 1. The Kier molecular flexibility index (Phi) is 13.6. The fourth-order valence-electron chi connectivity index (χ4n) is 13.2. The number of nitrogens with one attached hydrogen (secondary N) is 2. The molecule has 2 saturated carbocycles. The van der Waals surface area contributed by atoms with Gasteiger partial charge in [-0.2, -0.15) is 0 Å². The first-order valence-corrected chi connectivity index (χ1v) is 27.5. The Labute approximate surface area is 437 Å². The van der Waals surface area contributed by atoms with Crippen molar-refractivity contribution in [3.8, 4) is 27.4 Å². The number of likely N-dealkylation sites (tertiary alicyclic amines) is 2. The molecule has 390 valence electrons. The summed E-state index contributed by atoms with van der Waals surface area (Å²) in [5.74, 6) is 1.52. The van der Waals surface area contributed by atoms with Crippen LogP contribution in [0.15, 0.2) is 72.5 Å². The van der Waals surface area contributed by atoms with Crippen LogP contribution in [0.2, 0.25) is 0 Å². The molecule has 5 atom stereocenters. The van der Waals surface area contributed by atoms with Crippen LogP contribution in [-0.4, -0.2) is 132 Å². The molecule has 4 saturated heterocycles. The third-order valence-electron chi connectivity index (χ3n) is 17.1. The number of carbonyl (C=O) groups is 3. The highest BCUT2D eigenvalue weighted by atomic mass is 32.1. The number of aromatic nitrogens is 5. The monoisotopic (exact) mass is 1020 g/mol. The number of piperidine rings is 1. The van der Waals surface area contributed by atoms with Crippen LogP contribution in [0.1, 0.15) is 101 Å². The lowest BCUT2D eigenvalue weighted by Crippen LogP contribution is -2.60. The van der Waals surface area contributed by atoms with E-state index in [2.05, 4.69) is 52.9 Å². The van der Waals surface area contributed by atoms with Crippen molar-refractivity contribution in [2.45, 2.75) is 128 Å². The third-order valence-corrected chi connectivity index (χ3v) is 18.1. The minimum absolute atomic E-state index is 0.0470. The maximum atomic E-state index is 14.3. The number of rotatable bonds is 13. The first-order chi connectivity index (χ1) is 35.6. The fourth-order valence-corrected chi connectivity index (χ4v) is 14.0. The van der Waals surface area contributed by atoms with Gasteiger partial charge in [0.25, 0.3) is 0 Å². The van der Waals surface area contributed by atoms with Gasteiger partial charge in [-0.1, -0.05) is 57.2 Å². The predicted octanol–water partition coefficient (Wildman–Crippen LogP) is 6.31. The molecule has 7 heterocycles. The Balaban J connectivity index is 0.617. The number of nitrogens with zero attached hydrogens (tertiary/aromatic N) is 9. The average Bonchev–Trinajstić information content (AvgIpc) is 4.06. The molecule has 2 bridgehead atoms. The molecule has 2 aromatic carbocycles. The molecule has 11 rings (SSSR count). The summed E-state index contributed by atoms with van der Waals surface area (Å²) in [6.07, 6.45) is 11.6. The number of carbonyl (C=O) groups excluding carboxylic acids is 3. The minimum Gasteiger partial charge on any atom is -0.507 e. The molecule has 4 aliphatic heterocycles. The Morgan fingerprint density at radius 1 is 0.892 bits per heavy atom. The molecule has 5 aromatic rings. The number of hydrogen-bond donors (Lipinski definition) is 5. The third kappa shape index (κ3) is 10.0. The number of aliphatic hydroxyl groups is 1. The van der Waals surface area contributed by atoms with Crippen molar-refractivity contribution in [1.82, 2.24) is 45.6 Å². The van der Waals surface area contributed by atoms with Gasteiger partial charge in [-0.05, 0) is 129 Å². The number of aryl methyl sites for hydroxylation is 1. The van der Waals surface area contributed by atoms with Gasteiger partial charge in [-0.25, -0.2) is 15.0 Å². The van der Waals surface area contributed by atoms with E-state index in [1.54, 1.807) is 23.5 Å². The smallest absolute Gasteiger partial charge is 0.246 e. The number of para-hydroxylation sites is 1. The lowest BCUT2D eigenvalue weighted by molar-refractivity contribution is -0.149. The van der Waals surface area contributed by atoms with Gasteiger partial charge in [0.05, 0.1) is 33.6 Å². The maximum absolute atomic E-state index is 14.3. The molecule has 3 amide bonds. The van der Waals surface area contributed by atoms with Gasteiger partial charge in [0.1, 0.15) is 17.8 Å². The zero-order valence-corrected chi connectivity index (χ0v) is 43.8. The van der Waals surface area contributed by atoms with Crippen LogP contribution in [0.3, 0.4) is 0 Å². The number of amides is 3. The molecular formula is C56H70N12O5S. The number of anilines is 3. The summed E-state index contributed by atoms with van der Waals surface area (Å²) < 4.78 is 0. The number of nitrogen functional groups attached to an aromatic ring is 1. The second-order valence-electron chi connectivity index (χ2n) is 23.4. The van der Waals surface area contributed by atoms with Gasteiger partial charge in [0.15, 0.2) is 5.82 Å². The van der Waals surface area contributed by atoms with Gasteiger partial charge in [-0.15, -0.1) is 21.5 Å². The molecule has 1 spiro atoms. The summed E-state index contributed by atoms with van der Waals surface area (Å²) in [6, 6.07) is 15.9. The zero-order valence-electron chi connectivity index (χ0n) is 43.0. The highest BCUT2D eigenvalue weighted by molar-refractivity contribution is 7.13. The average molecular weight is 1020 g/mol. The normalized spacial score (nSPS) is 26.4. The SMILES string of the molecule is Cc1ncsc1-c1ccc(CNC(=O)[C@@H]2C[C@@H](O)CN2C(=O)[C@@H](NC(=O)C2CC3(CC(CN4CCC(c5cnc(N6C7CCC6CN(c6cc(-c8ccccc8O)nnc6N)C7)nc5)CC4)C3)C2)C(C)(C)C)cc1. The first-order valence-electron chi connectivity index (χ1n) is 26.6. The van der Waals surface area contributed by atoms with Gasteiger partial charge in [0.2, 0.25) is 23.7 Å². The van der Waals surface area contributed by atoms with E-state index >= 15 is 0 Å². The number of aromatic hydroxyl groups is 1. The number of nitrogens with two attached hydrogens (primary N) is 1. The van der Waals surface area contributed by atoms with E-state index in [-0.39, 0.29) is 59.9 Å². The molecule has 74 heavy (non-hydrogen) atoms. The number of fused-ring (bicyclic) bond motifs is 2. The van der Waals surface area contributed by atoms with Crippen molar-refractivity contribution >= 4 is 46.5 Å². The Morgan fingerprint density at radius 2 is 1.59 bits per heavy atom. The van der Waals surface area contributed by atoms with Crippen molar-refractivity contribution in [3.63, 3.8) is 0 Å². The van der Waals surface area contributed by atoms with Crippen LogP contribution in [0.25, 0.3) is 21.7 Å². The Bertz CT molecular complexity index is 2840. The topological polar surface area (TPSA) is 219 Å². The summed E-state index contributed by atoms with van der Waals surface area (Å²) in [4.78, 5) is 65.9. The number of aliphatic hydroxyl groups excluding tert-OH is 1. The van der Waals surface area contributed by atoms with Gasteiger partial charge in [0, 0.05) is 75.1 Å². The molecule has 6 N–H and O–H groups in total. The summed E-state index contributed by atoms with van der Waals surface area (Å²) >= 11 is 1.59. The number of thiazole rings is 1. The summed E-state index contributed by atoms with van der Waals surface area (Å²) in [5, 5.41) is 35.8. The Morgan fingerprint density at radius 3 is 2.26 bits per heavy atom. The van der Waals surface area contributed by atoms with E-state index in [0.717, 1.165) is 117 Å². The lowest BCUT2D eigenvalue weighted by atomic mass is 9.48. The van der Waals surface area contributed by atoms with Crippen LogP contribution in [0, 0.1) is 29.6 Å². The van der Waals surface area contributed by atoms with Crippen molar-refractivity contribution in [1.29, 1.82) is 0 Å². The van der Waals surface area contributed by atoms with E-state index in [9.17, 15) is 24.6 Å². The molecule has 17 nitrogen and oxygen atoms in total. The molecule has 6 fully saturated rings. The molecule has 0 radical (unpaired) electrons. The molecule has 6 aliphatic rings. The number of hydrogen-bond acceptors (Lipinski definition) is 15. The quantitative estimate of drug-likeness (QED) is 0.0874. The van der Waals surface area contributed by atoms with Crippen molar-refractivity contribution in [3.05, 3.63) is 89.3 Å². The van der Waals surface area contributed by atoms with E-state index in [1.807, 2.05) is 75.7 Å². The standard InChI is InChI=1S/C56H70N12O5S/c1-33-48(74-32-61-33)37-11-9-34(10-12-37)25-58-52(72)46-19-42(69)31-67(46)53(73)49(55(2,3)4)62-51(71)38-23-56(24-38)21-35(22-56)28-65-17-15-36(16-18-65)39-26-59-54(60-27-39)68-40-13-14-41(68)30-66(29-40)45-20-44(63-64-50(45)57)43-7-5-6-8-47(43)70/h5-12,20,26-27,32,35-36,38,40-42,46,49,69-70H,13-19,21-25,28-31H2,1-4H3,(H2,57,64)(H,58,72)(H,62,71)/t35?,38?,40?,41?,42-,46+,49-,56?/m1/s1. The van der Waals surface area contributed by atoms with Crippen LogP contribution >= 0.6 is 11.3 Å². The Hall–Kier alpha value is -6.24. The van der Waals surface area contributed by atoms with E-state index in [4.69, 9.17) is 15.7 Å². The predicted molar refractivity (Wildman–Crippen MR) is 285 cm³/mol. The van der Waals surface area contributed by atoms with Gasteiger partial charge < -0.3 is 46.2 Å². The van der Waals surface area contributed by atoms with Crippen LogP contribution in [-0.2, 0) is 20.9 Å². The number of benzene rings is 2. The van der Waals surface area contributed by atoms with E-state index in [0.29, 0.717) is 35.5 Å². The molecule has 2 aliphatic carbocycles. The summed E-state index contributed by atoms with van der Waals surface area (Å²) in [7, 11) is 0. The molecule has 18 heteroatoms.